The molecule has 1 N–H and O–H groups in total. The van der Waals surface area contributed by atoms with E-state index >= 15 is 0 Å². The summed E-state index contributed by atoms with van der Waals surface area (Å²) < 4.78 is 10.7. The van der Waals surface area contributed by atoms with Crippen LogP contribution in [0.5, 0.6) is 0 Å². The highest BCUT2D eigenvalue weighted by Crippen LogP contribution is 2.16. The lowest BCUT2D eigenvalue weighted by Crippen LogP contribution is -2.28. The molecular formula is C63H108O5. The van der Waals surface area contributed by atoms with Crippen molar-refractivity contribution in [2.45, 2.75) is 277 Å². The lowest BCUT2D eigenvalue weighted by atomic mass is 10.0. The molecule has 0 aliphatic carbocycles. The zero-order chi connectivity index (χ0) is 49.2. The van der Waals surface area contributed by atoms with Crippen LogP contribution in [-0.2, 0) is 19.1 Å². The third kappa shape index (κ3) is 55.4. The second-order valence-corrected chi connectivity index (χ2v) is 19.0. The molecule has 0 aliphatic rings. The number of carbonyl (C=O) groups excluding carboxylic acids is 2. The summed E-state index contributed by atoms with van der Waals surface area (Å²) in [7, 11) is 0. The van der Waals surface area contributed by atoms with Crippen LogP contribution in [0.25, 0.3) is 0 Å². The molecule has 0 aromatic heterocycles. The number of carbonyl (C=O) groups is 2. The highest BCUT2D eigenvalue weighted by atomic mass is 16.6. The van der Waals surface area contributed by atoms with Crippen molar-refractivity contribution < 1.29 is 24.2 Å². The quantitative estimate of drug-likeness (QED) is 0.0374. The molecule has 0 radical (unpaired) electrons. The van der Waals surface area contributed by atoms with E-state index in [1.54, 1.807) is 0 Å². The number of unbranched alkanes of at least 4 members (excludes halogenated alkanes) is 28. The van der Waals surface area contributed by atoms with Gasteiger partial charge >= 0.3 is 11.9 Å². The minimum Gasteiger partial charge on any atom is -0.462 e. The first-order valence-corrected chi connectivity index (χ1v) is 28.8. The molecule has 0 saturated heterocycles. The van der Waals surface area contributed by atoms with Crippen LogP contribution < -0.4 is 0 Å². The van der Waals surface area contributed by atoms with E-state index in [1.165, 1.54) is 154 Å². The summed E-state index contributed by atoms with van der Waals surface area (Å²) in [5.74, 6) is -0.588. The first-order chi connectivity index (χ1) is 33.6. The van der Waals surface area contributed by atoms with Crippen molar-refractivity contribution in [1.82, 2.24) is 0 Å². The molecule has 0 rings (SSSR count). The molecule has 1 unspecified atom stereocenters. The first kappa shape index (κ1) is 64.8. The molecular weight excluding hydrogens is 837 g/mol. The van der Waals surface area contributed by atoms with Gasteiger partial charge in [-0.25, -0.2) is 0 Å². The van der Waals surface area contributed by atoms with E-state index in [-0.39, 0.29) is 25.2 Å². The molecule has 0 saturated carbocycles. The van der Waals surface area contributed by atoms with Gasteiger partial charge in [0.05, 0.1) is 6.61 Å². The van der Waals surface area contributed by atoms with Crippen LogP contribution in [0.3, 0.4) is 0 Å². The number of ether oxygens (including phenoxy) is 2. The molecule has 0 heterocycles. The second kappa shape index (κ2) is 58.1. The Bertz CT molecular complexity index is 1300. The zero-order valence-electron chi connectivity index (χ0n) is 44.6. The number of aliphatic hydroxyl groups is 1. The predicted molar refractivity (Wildman–Crippen MR) is 297 cm³/mol. The van der Waals surface area contributed by atoms with Crippen LogP contribution in [0.1, 0.15) is 271 Å². The van der Waals surface area contributed by atoms with Gasteiger partial charge in [-0.3, -0.25) is 9.59 Å². The van der Waals surface area contributed by atoms with Gasteiger partial charge in [0.25, 0.3) is 0 Å². The molecule has 5 heteroatoms. The van der Waals surface area contributed by atoms with E-state index in [9.17, 15) is 14.7 Å². The Hall–Kier alpha value is -3.18. The molecule has 5 nitrogen and oxygen atoms in total. The molecule has 1 atom stereocenters. The number of rotatable bonds is 52. The second-order valence-electron chi connectivity index (χ2n) is 19.0. The van der Waals surface area contributed by atoms with Gasteiger partial charge in [0.2, 0.25) is 0 Å². The summed E-state index contributed by atoms with van der Waals surface area (Å²) in [6.07, 6.45) is 82.4. The van der Waals surface area contributed by atoms with Gasteiger partial charge < -0.3 is 14.6 Å². The standard InChI is InChI=1S/C63H108O5/c1-3-5-7-9-11-13-15-17-19-21-23-25-27-29-30-31-32-34-36-38-40-42-44-46-48-50-52-54-56-58-63(66)68-61(59-64)60-67-62(65)57-55-53-51-49-47-45-43-41-39-37-35-33-28-26-24-22-20-18-16-14-12-10-8-6-4-2/h5-8,11-14,17-20,23-26,61,64H,3-4,9-10,15-16,21-22,27-60H2,1-2H3/b7-5-,8-6-,13-11-,14-12-,19-17-,20-18-,25-23-,26-24-. The smallest absolute Gasteiger partial charge is 0.306 e. The largest absolute Gasteiger partial charge is 0.462 e. The van der Waals surface area contributed by atoms with Gasteiger partial charge in [-0.05, 0) is 89.9 Å². The summed E-state index contributed by atoms with van der Waals surface area (Å²) in [4.78, 5) is 24.6. The third-order valence-electron chi connectivity index (χ3n) is 12.4. The van der Waals surface area contributed by atoms with Crippen LogP contribution in [0.2, 0.25) is 0 Å². The average Bonchev–Trinajstić information content (AvgIpc) is 3.34. The number of aliphatic hydroxyl groups excluding tert-OH is 1. The van der Waals surface area contributed by atoms with E-state index < -0.39 is 6.10 Å². The van der Waals surface area contributed by atoms with Gasteiger partial charge in [-0.2, -0.15) is 0 Å². The number of allylic oxidation sites excluding steroid dienone is 16. The molecule has 0 fully saturated rings. The van der Waals surface area contributed by atoms with Crippen LogP contribution >= 0.6 is 0 Å². The Kier molecular flexibility index (Phi) is 55.4. The minimum atomic E-state index is -0.778. The third-order valence-corrected chi connectivity index (χ3v) is 12.4. The van der Waals surface area contributed by atoms with Gasteiger partial charge in [-0.15, -0.1) is 0 Å². The summed E-state index contributed by atoms with van der Waals surface area (Å²) in [5.41, 5.74) is 0. The molecule has 0 aromatic carbocycles. The van der Waals surface area contributed by atoms with Gasteiger partial charge in [-0.1, -0.05) is 265 Å². The highest BCUT2D eigenvalue weighted by Gasteiger charge is 2.16. The Balaban J connectivity index is 3.48. The molecule has 0 aliphatic heterocycles. The summed E-state index contributed by atoms with van der Waals surface area (Å²) in [6.45, 7) is 3.94. The fraction of sp³-hybridized carbons (Fsp3) is 0.714. The molecule has 68 heavy (non-hydrogen) atoms. The van der Waals surface area contributed by atoms with E-state index in [2.05, 4.69) is 111 Å². The monoisotopic (exact) mass is 945 g/mol. The first-order valence-electron chi connectivity index (χ1n) is 28.8. The molecule has 0 spiro atoms. The summed E-state index contributed by atoms with van der Waals surface area (Å²) >= 11 is 0. The van der Waals surface area contributed by atoms with Crippen molar-refractivity contribution in [2.75, 3.05) is 13.2 Å². The lowest BCUT2D eigenvalue weighted by Gasteiger charge is -2.15. The van der Waals surface area contributed by atoms with Crippen LogP contribution in [-0.4, -0.2) is 36.4 Å². The lowest BCUT2D eigenvalue weighted by molar-refractivity contribution is -0.161. The van der Waals surface area contributed by atoms with Crippen molar-refractivity contribution in [1.29, 1.82) is 0 Å². The maximum Gasteiger partial charge on any atom is 0.306 e. The van der Waals surface area contributed by atoms with Gasteiger partial charge in [0.1, 0.15) is 6.61 Å². The zero-order valence-corrected chi connectivity index (χ0v) is 44.6. The van der Waals surface area contributed by atoms with Crippen molar-refractivity contribution >= 4 is 11.9 Å². The fourth-order valence-corrected chi connectivity index (χ4v) is 8.13. The Morgan fingerprint density at radius 1 is 0.338 bits per heavy atom. The van der Waals surface area contributed by atoms with Crippen LogP contribution in [0.4, 0.5) is 0 Å². The van der Waals surface area contributed by atoms with Crippen LogP contribution in [0.15, 0.2) is 97.2 Å². The molecule has 0 aromatic rings. The number of hydrogen-bond acceptors (Lipinski definition) is 5. The van der Waals surface area contributed by atoms with Crippen molar-refractivity contribution in [2.24, 2.45) is 0 Å². The topological polar surface area (TPSA) is 72.8 Å². The van der Waals surface area contributed by atoms with E-state index in [0.29, 0.717) is 12.8 Å². The van der Waals surface area contributed by atoms with Crippen molar-refractivity contribution in [3.05, 3.63) is 97.2 Å². The Labute approximate surface area is 421 Å². The summed E-state index contributed by atoms with van der Waals surface area (Å²) in [6, 6.07) is 0. The Morgan fingerprint density at radius 2 is 0.588 bits per heavy atom. The maximum atomic E-state index is 12.3. The number of esters is 2. The van der Waals surface area contributed by atoms with Gasteiger partial charge in [0, 0.05) is 12.8 Å². The normalized spacial score (nSPS) is 12.9. The van der Waals surface area contributed by atoms with E-state index in [1.807, 2.05) is 0 Å². The van der Waals surface area contributed by atoms with E-state index in [0.717, 1.165) is 89.9 Å². The molecule has 0 amide bonds. The molecule has 390 valence electrons. The SMILES string of the molecule is CC/C=C\C/C=C\C/C=C\C/C=C\CCCCCCCCCCCCCCCCCCC(=O)OC(CO)COC(=O)CCCCCCCCCCCCCC/C=C\C/C=C\C/C=C\C/C=C\CC. The van der Waals surface area contributed by atoms with Crippen LogP contribution in [0, 0.1) is 0 Å². The maximum absolute atomic E-state index is 12.3. The fourth-order valence-electron chi connectivity index (χ4n) is 8.13. The summed E-state index contributed by atoms with van der Waals surface area (Å²) in [5, 5.41) is 9.66. The van der Waals surface area contributed by atoms with Gasteiger partial charge in [0.15, 0.2) is 6.10 Å². The highest BCUT2D eigenvalue weighted by molar-refractivity contribution is 5.70. The number of hydrogen-bond donors (Lipinski definition) is 1. The van der Waals surface area contributed by atoms with Crippen molar-refractivity contribution in [3.63, 3.8) is 0 Å². The van der Waals surface area contributed by atoms with E-state index in [4.69, 9.17) is 9.47 Å². The Morgan fingerprint density at radius 3 is 0.882 bits per heavy atom. The predicted octanol–water partition coefficient (Wildman–Crippen LogP) is 19.5. The van der Waals surface area contributed by atoms with Crippen molar-refractivity contribution in [3.8, 4) is 0 Å². The average molecular weight is 946 g/mol. The minimum absolute atomic E-state index is 0.0689. The molecule has 0 bridgehead atoms.